The number of anilines is 1. The molecule has 0 bridgehead atoms. The molecule has 9 heteroatoms. The molecule has 0 aromatic heterocycles. The normalized spacial score (nSPS) is 11.7. The average molecular weight is 368 g/mol. The standard InChI is InChI=1S/C11H15BrFN3O3S/c1-15-11(17)3-4-16(2)20(18,19)10-6-9(14)7(12)5-8(10)13/h5-6H,3-4,14H2,1-2H3,(H,15,17). The van der Waals surface area contributed by atoms with Gasteiger partial charge in [-0.15, -0.1) is 0 Å². The molecule has 0 spiro atoms. The third-order valence-corrected chi connectivity index (χ3v) is 5.23. The van der Waals surface area contributed by atoms with E-state index < -0.39 is 20.7 Å². The van der Waals surface area contributed by atoms with Gasteiger partial charge in [0.15, 0.2) is 0 Å². The van der Waals surface area contributed by atoms with Gasteiger partial charge < -0.3 is 11.1 Å². The summed E-state index contributed by atoms with van der Waals surface area (Å²) in [5, 5.41) is 2.38. The second-order valence-electron chi connectivity index (χ2n) is 4.05. The first kappa shape index (κ1) is 16.9. The van der Waals surface area contributed by atoms with Crippen LogP contribution in [0.4, 0.5) is 10.1 Å². The molecule has 1 rings (SSSR count). The Morgan fingerprint density at radius 3 is 2.65 bits per heavy atom. The minimum Gasteiger partial charge on any atom is -0.398 e. The van der Waals surface area contributed by atoms with Gasteiger partial charge in [-0.25, -0.2) is 17.1 Å². The maximum absolute atomic E-state index is 13.8. The van der Waals surface area contributed by atoms with Gasteiger partial charge in [0.2, 0.25) is 15.9 Å². The minimum atomic E-state index is -4.04. The second-order valence-corrected chi connectivity index (χ2v) is 6.92. The molecule has 0 aliphatic heterocycles. The highest BCUT2D eigenvalue weighted by Gasteiger charge is 2.25. The molecule has 0 heterocycles. The van der Waals surface area contributed by atoms with Crippen LogP contribution in [0.25, 0.3) is 0 Å². The van der Waals surface area contributed by atoms with Crippen molar-refractivity contribution in [2.75, 3.05) is 26.4 Å². The van der Waals surface area contributed by atoms with Gasteiger partial charge in [-0.3, -0.25) is 4.79 Å². The summed E-state index contributed by atoms with van der Waals surface area (Å²) < 4.78 is 39.4. The van der Waals surface area contributed by atoms with Gasteiger partial charge in [0.05, 0.1) is 0 Å². The van der Waals surface area contributed by atoms with Crippen LogP contribution in [0.1, 0.15) is 6.42 Å². The van der Waals surface area contributed by atoms with E-state index in [9.17, 15) is 17.6 Å². The zero-order valence-electron chi connectivity index (χ0n) is 11.0. The van der Waals surface area contributed by atoms with Crippen molar-refractivity contribution in [2.45, 2.75) is 11.3 Å². The lowest BCUT2D eigenvalue weighted by Gasteiger charge is -2.17. The van der Waals surface area contributed by atoms with Crippen LogP contribution in [0.5, 0.6) is 0 Å². The first-order valence-electron chi connectivity index (χ1n) is 5.61. The third-order valence-electron chi connectivity index (χ3n) is 2.67. The number of benzene rings is 1. The molecule has 0 aliphatic carbocycles. The van der Waals surface area contributed by atoms with Gasteiger partial charge in [0.1, 0.15) is 10.7 Å². The van der Waals surface area contributed by atoms with Gasteiger partial charge in [-0.1, -0.05) is 0 Å². The van der Waals surface area contributed by atoms with E-state index in [4.69, 9.17) is 5.73 Å². The van der Waals surface area contributed by atoms with E-state index in [2.05, 4.69) is 21.2 Å². The molecule has 0 radical (unpaired) electrons. The lowest BCUT2D eigenvalue weighted by molar-refractivity contribution is -0.120. The predicted octanol–water partition coefficient (Wildman–Crippen LogP) is 0.927. The summed E-state index contributed by atoms with van der Waals surface area (Å²) in [7, 11) is -1.31. The number of rotatable bonds is 5. The van der Waals surface area contributed by atoms with E-state index >= 15 is 0 Å². The van der Waals surface area contributed by atoms with E-state index in [-0.39, 0.29) is 29.0 Å². The van der Waals surface area contributed by atoms with Crippen LogP contribution >= 0.6 is 15.9 Å². The molecular weight excluding hydrogens is 353 g/mol. The van der Waals surface area contributed by atoms with Crippen LogP contribution < -0.4 is 11.1 Å². The van der Waals surface area contributed by atoms with Crippen molar-refractivity contribution >= 4 is 37.5 Å². The summed E-state index contributed by atoms with van der Waals surface area (Å²) in [6, 6.07) is 2.04. The summed E-state index contributed by atoms with van der Waals surface area (Å²) >= 11 is 3.02. The monoisotopic (exact) mass is 367 g/mol. The highest BCUT2D eigenvalue weighted by Crippen LogP contribution is 2.27. The van der Waals surface area contributed by atoms with Crippen molar-refractivity contribution in [2.24, 2.45) is 0 Å². The van der Waals surface area contributed by atoms with Gasteiger partial charge >= 0.3 is 0 Å². The van der Waals surface area contributed by atoms with Gasteiger partial charge in [0, 0.05) is 37.2 Å². The zero-order valence-corrected chi connectivity index (χ0v) is 13.4. The highest BCUT2D eigenvalue weighted by molar-refractivity contribution is 9.10. The highest BCUT2D eigenvalue weighted by atomic mass is 79.9. The molecule has 0 atom stereocenters. The van der Waals surface area contributed by atoms with E-state index in [0.717, 1.165) is 16.4 Å². The van der Waals surface area contributed by atoms with E-state index in [1.807, 2.05) is 0 Å². The fourth-order valence-electron chi connectivity index (χ4n) is 1.41. The SMILES string of the molecule is CNC(=O)CCN(C)S(=O)(=O)c1cc(N)c(Br)cc1F. The zero-order chi connectivity index (χ0) is 15.5. The molecule has 0 fully saturated rings. The molecule has 0 aliphatic rings. The number of hydrogen-bond acceptors (Lipinski definition) is 4. The second kappa shape index (κ2) is 6.51. The molecule has 0 unspecified atom stereocenters. The molecular formula is C11H15BrFN3O3S. The molecule has 1 aromatic carbocycles. The topological polar surface area (TPSA) is 92.5 Å². The number of halogens is 2. The van der Waals surface area contributed by atoms with Crippen LogP contribution in [0.2, 0.25) is 0 Å². The number of nitrogen functional groups attached to an aromatic ring is 1. The molecule has 0 saturated carbocycles. The maximum Gasteiger partial charge on any atom is 0.245 e. The summed E-state index contributed by atoms with van der Waals surface area (Å²) in [6.45, 7) is -0.0581. The Morgan fingerprint density at radius 2 is 2.10 bits per heavy atom. The van der Waals surface area contributed by atoms with Gasteiger partial charge in [-0.2, -0.15) is 0 Å². The van der Waals surface area contributed by atoms with Crippen LogP contribution in [0.3, 0.4) is 0 Å². The van der Waals surface area contributed by atoms with Crippen molar-refractivity contribution in [1.29, 1.82) is 0 Å². The van der Waals surface area contributed by atoms with Crippen molar-refractivity contribution in [3.05, 3.63) is 22.4 Å². The number of nitrogens with one attached hydrogen (secondary N) is 1. The average Bonchev–Trinajstić information content (AvgIpc) is 2.39. The number of carbonyl (C=O) groups is 1. The smallest absolute Gasteiger partial charge is 0.245 e. The number of amides is 1. The Labute approximate surface area is 125 Å². The first-order valence-corrected chi connectivity index (χ1v) is 7.85. The summed E-state index contributed by atoms with van der Waals surface area (Å²) in [5.74, 6) is -1.21. The Balaban J connectivity index is 3.04. The molecule has 0 saturated heterocycles. The lowest BCUT2D eigenvalue weighted by atomic mass is 10.3. The molecule has 6 nitrogen and oxygen atoms in total. The maximum atomic E-state index is 13.8. The van der Waals surface area contributed by atoms with Crippen molar-refractivity contribution < 1.29 is 17.6 Å². The van der Waals surface area contributed by atoms with E-state index in [0.29, 0.717) is 0 Å². The van der Waals surface area contributed by atoms with E-state index in [1.54, 1.807) is 0 Å². The number of carbonyl (C=O) groups excluding carboxylic acids is 1. The number of nitrogens with two attached hydrogens (primary N) is 1. The van der Waals surface area contributed by atoms with Crippen LogP contribution in [0, 0.1) is 5.82 Å². The lowest BCUT2D eigenvalue weighted by Crippen LogP contribution is -2.32. The Morgan fingerprint density at radius 1 is 1.50 bits per heavy atom. The number of hydrogen-bond donors (Lipinski definition) is 2. The summed E-state index contributed by atoms with van der Waals surface area (Å²) in [5.41, 5.74) is 5.68. The van der Waals surface area contributed by atoms with E-state index in [1.165, 1.54) is 14.1 Å². The summed E-state index contributed by atoms with van der Waals surface area (Å²) in [4.78, 5) is 10.6. The van der Waals surface area contributed by atoms with Gasteiger partial charge in [0.25, 0.3) is 0 Å². The molecule has 1 aromatic rings. The van der Waals surface area contributed by atoms with Crippen LogP contribution in [-0.4, -0.2) is 39.3 Å². The van der Waals surface area contributed by atoms with Crippen LogP contribution in [-0.2, 0) is 14.8 Å². The Kier molecular flexibility index (Phi) is 5.49. The largest absolute Gasteiger partial charge is 0.398 e. The van der Waals surface area contributed by atoms with Crippen molar-refractivity contribution in [1.82, 2.24) is 9.62 Å². The fourth-order valence-corrected chi connectivity index (χ4v) is 2.98. The number of sulfonamides is 1. The van der Waals surface area contributed by atoms with Gasteiger partial charge in [-0.05, 0) is 28.1 Å². The number of nitrogens with zero attached hydrogens (tertiary/aromatic N) is 1. The van der Waals surface area contributed by atoms with Crippen molar-refractivity contribution in [3.63, 3.8) is 0 Å². The fraction of sp³-hybridized carbons (Fsp3) is 0.364. The first-order chi connectivity index (χ1) is 9.20. The molecule has 3 N–H and O–H groups in total. The molecule has 20 heavy (non-hydrogen) atoms. The van der Waals surface area contributed by atoms with Crippen LogP contribution in [0.15, 0.2) is 21.5 Å². The van der Waals surface area contributed by atoms with Crippen molar-refractivity contribution in [3.8, 4) is 0 Å². The Bertz CT molecular complexity index is 622. The quantitative estimate of drug-likeness (QED) is 0.757. The minimum absolute atomic E-state index is 0.0140. The predicted molar refractivity (Wildman–Crippen MR) is 77.0 cm³/mol. The molecule has 1 amide bonds. The Hall–Kier alpha value is -1.19. The summed E-state index contributed by atoms with van der Waals surface area (Å²) in [6.07, 6.45) is -0.0140. The molecule has 112 valence electrons. The third kappa shape index (κ3) is 3.68.